The van der Waals surface area contributed by atoms with E-state index in [1.807, 2.05) is 0 Å². The SMILES string of the molecule is Cc1c2cccc1CCc1cc(C=O)cc(c1C)CCC2. The molecule has 0 N–H and O–H groups in total. The number of aryl methyl sites for hydroxylation is 4. The van der Waals surface area contributed by atoms with Crippen LogP contribution in [0.15, 0.2) is 30.3 Å². The minimum absolute atomic E-state index is 0.827. The third-order valence-corrected chi connectivity index (χ3v) is 4.90. The van der Waals surface area contributed by atoms with E-state index in [9.17, 15) is 4.79 Å². The summed E-state index contributed by atoms with van der Waals surface area (Å²) in [5, 5.41) is 0. The molecule has 2 aromatic rings. The Morgan fingerprint density at radius 1 is 0.810 bits per heavy atom. The molecule has 2 aromatic carbocycles. The van der Waals surface area contributed by atoms with E-state index >= 15 is 0 Å². The molecule has 1 aliphatic rings. The molecular weight excluding hydrogens is 256 g/mol. The van der Waals surface area contributed by atoms with Gasteiger partial charge in [0.15, 0.2) is 0 Å². The van der Waals surface area contributed by atoms with Crippen molar-refractivity contribution in [1.82, 2.24) is 0 Å². The molecule has 0 atom stereocenters. The van der Waals surface area contributed by atoms with Crippen LogP contribution in [0.25, 0.3) is 0 Å². The first-order chi connectivity index (χ1) is 10.2. The fourth-order valence-corrected chi connectivity index (χ4v) is 3.47. The van der Waals surface area contributed by atoms with Gasteiger partial charge in [0, 0.05) is 5.56 Å². The number of carbonyl (C=O) groups excluding carboxylic acids is 1. The second kappa shape index (κ2) is 5.85. The van der Waals surface area contributed by atoms with E-state index in [1.165, 1.54) is 33.4 Å². The van der Waals surface area contributed by atoms with Crippen LogP contribution in [0.1, 0.15) is 50.2 Å². The Balaban J connectivity index is 2.05. The van der Waals surface area contributed by atoms with Crippen LogP contribution in [0, 0.1) is 13.8 Å². The molecule has 0 radical (unpaired) electrons. The standard InChI is InChI=1S/C20H22O/c1-14-17-5-3-7-18(14)9-10-20-12-16(13-21)11-19(15(20)2)8-4-6-17/h3,5,7,11-13H,4,6,8-10H2,1-2H3. The highest BCUT2D eigenvalue weighted by atomic mass is 16.1. The van der Waals surface area contributed by atoms with Crippen LogP contribution in [0.2, 0.25) is 0 Å². The third-order valence-electron chi connectivity index (χ3n) is 4.90. The number of aldehydes is 1. The highest BCUT2D eigenvalue weighted by Crippen LogP contribution is 2.24. The minimum Gasteiger partial charge on any atom is -0.298 e. The fourth-order valence-electron chi connectivity index (χ4n) is 3.47. The number of hydrogen-bond acceptors (Lipinski definition) is 1. The number of fused-ring (bicyclic) bond motifs is 4. The fraction of sp³-hybridized carbons (Fsp3) is 0.350. The van der Waals surface area contributed by atoms with Gasteiger partial charge in [0.1, 0.15) is 6.29 Å². The zero-order valence-corrected chi connectivity index (χ0v) is 12.9. The largest absolute Gasteiger partial charge is 0.298 e. The number of carbonyl (C=O) groups is 1. The van der Waals surface area contributed by atoms with Gasteiger partial charge in [-0.2, -0.15) is 0 Å². The summed E-state index contributed by atoms with van der Waals surface area (Å²) < 4.78 is 0. The lowest BCUT2D eigenvalue weighted by atomic mass is 9.93. The maximum absolute atomic E-state index is 11.2. The molecule has 0 heterocycles. The Labute approximate surface area is 127 Å². The first kappa shape index (κ1) is 14.1. The molecule has 1 aliphatic carbocycles. The average Bonchev–Trinajstić information content (AvgIpc) is 2.50. The summed E-state index contributed by atoms with van der Waals surface area (Å²) in [5.74, 6) is 0. The van der Waals surface area contributed by atoms with Crippen molar-refractivity contribution in [3.05, 3.63) is 69.3 Å². The van der Waals surface area contributed by atoms with Crippen LogP contribution in [0.5, 0.6) is 0 Å². The van der Waals surface area contributed by atoms with E-state index < -0.39 is 0 Å². The van der Waals surface area contributed by atoms with Gasteiger partial charge in [0.05, 0.1) is 0 Å². The quantitative estimate of drug-likeness (QED) is 0.707. The summed E-state index contributed by atoms with van der Waals surface area (Å²) in [7, 11) is 0. The smallest absolute Gasteiger partial charge is 0.150 e. The summed E-state index contributed by atoms with van der Waals surface area (Å²) in [6.45, 7) is 4.46. The Bertz CT molecular complexity index is 682. The van der Waals surface area contributed by atoms with Gasteiger partial charge >= 0.3 is 0 Å². The van der Waals surface area contributed by atoms with Gasteiger partial charge in [-0.15, -0.1) is 0 Å². The molecule has 0 saturated carbocycles. The summed E-state index contributed by atoms with van der Waals surface area (Å²) in [6, 6.07) is 10.8. The van der Waals surface area contributed by atoms with Gasteiger partial charge in [0.2, 0.25) is 0 Å². The van der Waals surface area contributed by atoms with E-state index in [4.69, 9.17) is 0 Å². The van der Waals surface area contributed by atoms with E-state index in [0.29, 0.717) is 0 Å². The molecule has 0 fully saturated rings. The van der Waals surface area contributed by atoms with Crippen molar-refractivity contribution in [3.8, 4) is 0 Å². The van der Waals surface area contributed by atoms with Crippen molar-refractivity contribution >= 4 is 6.29 Å². The lowest BCUT2D eigenvalue weighted by Crippen LogP contribution is -2.01. The van der Waals surface area contributed by atoms with Gasteiger partial charge in [-0.25, -0.2) is 0 Å². The highest BCUT2D eigenvalue weighted by Gasteiger charge is 2.11. The highest BCUT2D eigenvalue weighted by molar-refractivity contribution is 5.76. The monoisotopic (exact) mass is 278 g/mol. The number of hydrogen-bond donors (Lipinski definition) is 0. The second-order valence-corrected chi connectivity index (χ2v) is 6.14. The van der Waals surface area contributed by atoms with E-state index in [1.54, 1.807) is 0 Å². The molecule has 3 rings (SSSR count). The molecule has 108 valence electrons. The Morgan fingerprint density at radius 2 is 1.33 bits per heavy atom. The molecular formula is C20H22O. The van der Waals surface area contributed by atoms with Crippen molar-refractivity contribution in [2.75, 3.05) is 0 Å². The van der Waals surface area contributed by atoms with Crippen molar-refractivity contribution in [1.29, 1.82) is 0 Å². The molecule has 0 aromatic heterocycles. The molecule has 0 spiro atoms. The molecule has 4 bridgehead atoms. The number of rotatable bonds is 1. The van der Waals surface area contributed by atoms with Crippen molar-refractivity contribution in [2.45, 2.75) is 46.0 Å². The van der Waals surface area contributed by atoms with Crippen molar-refractivity contribution in [3.63, 3.8) is 0 Å². The predicted molar refractivity (Wildman–Crippen MR) is 87.2 cm³/mol. The minimum atomic E-state index is 0.827. The maximum atomic E-state index is 11.2. The Hall–Kier alpha value is -1.89. The average molecular weight is 278 g/mol. The van der Waals surface area contributed by atoms with E-state index in [2.05, 4.69) is 44.2 Å². The Morgan fingerprint density at radius 3 is 2.05 bits per heavy atom. The van der Waals surface area contributed by atoms with Crippen LogP contribution in [-0.2, 0) is 25.7 Å². The predicted octanol–water partition coefficient (Wildman–Crippen LogP) is 4.39. The van der Waals surface area contributed by atoms with Gasteiger partial charge in [-0.3, -0.25) is 4.79 Å². The molecule has 1 heteroatoms. The normalized spacial score (nSPS) is 14.4. The van der Waals surface area contributed by atoms with Crippen LogP contribution in [-0.4, -0.2) is 6.29 Å². The second-order valence-electron chi connectivity index (χ2n) is 6.14. The third kappa shape index (κ3) is 2.78. The van der Waals surface area contributed by atoms with E-state index in [-0.39, 0.29) is 0 Å². The van der Waals surface area contributed by atoms with Crippen LogP contribution in [0.4, 0.5) is 0 Å². The van der Waals surface area contributed by atoms with E-state index in [0.717, 1.165) is 44.0 Å². The van der Waals surface area contributed by atoms with Crippen molar-refractivity contribution in [2.24, 2.45) is 0 Å². The maximum Gasteiger partial charge on any atom is 0.150 e. The van der Waals surface area contributed by atoms with Gasteiger partial charge in [0.25, 0.3) is 0 Å². The van der Waals surface area contributed by atoms with Crippen molar-refractivity contribution < 1.29 is 4.79 Å². The molecule has 0 aliphatic heterocycles. The summed E-state index contributed by atoms with van der Waals surface area (Å²) in [5.41, 5.74) is 9.29. The molecule has 0 unspecified atom stereocenters. The Kier molecular flexibility index (Phi) is 3.92. The summed E-state index contributed by atoms with van der Waals surface area (Å²) >= 11 is 0. The zero-order chi connectivity index (χ0) is 14.8. The van der Waals surface area contributed by atoms with Crippen LogP contribution >= 0.6 is 0 Å². The summed E-state index contributed by atoms with van der Waals surface area (Å²) in [4.78, 5) is 11.2. The zero-order valence-electron chi connectivity index (χ0n) is 12.9. The van der Waals surface area contributed by atoms with Gasteiger partial charge in [-0.05, 0) is 91.5 Å². The van der Waals surface area contributed by atoms with Gasteiger partial charge < -0.3 is 0 Å². The molecule has 1 nitrogen and oxygen atoms in total. The van der Waals surface area contributed by atoms with Gasteiger partial charge in [-0.1, -0.05) is 18.2 Å². The lowest BCUT2D eigenvalue weighted by Gasteiger charge is -2.12. The van der Waals surface area contributed by atoms with Crippen LogP contribution in [0.3, 0.4) is 0 Å². The first-order valence-electron chi connectivity index (χ1n) is 7.84. The van der Waals surface area contributed by atoms with Crippen LogP contribution < -0.4 is 0 Å². The number of benzene rings is 2. The first-order valence-corrected chi connectivity index (χ1v) is 7.84. The molecule has 0 saturated heterocycles. The molecule has 21 heavy (non-hydrogen) atoms. The lowest BCUT2D eigenvalue weighted by molar-refractivity contribution is 0.112. The summed E-state index contributed by atoms with van der Waals surface area (Å²) in [6.07, 6.45) is 6.39. The topological polar surface area (TPSA) is 17.1 Å². The molecule has 0 amide bonds.